The van der Waals surface area contributed by atoms with Crippen molar-refractivity contribution in [2.24, 2.45) is 0 Å². The molecule has 0 spiro atoms. The van der Waals surface area contributed by atoms with E-state index in [4.69, 9.17) is 9.84 Å². The predicted octanol–water partition coefficient (Wildman–Crippen LogP) is 2.47. The van der Waals surface area contributed by atoms with E-state index in [0.29, 0.717) is 22.6 Å². The molecule has 21 heavy (non-hydrogen) atoms. The Hall–Kier alpha value is -2.96. The SMILES string of the molecule is COc1ccc(-c2nc3ncc(C(=O)O)cc3[nH]2)cc1F. The van der Waals surface area contributed by atoms with Crippen LogP contribution in [0.25, 0.3) is 22.6 Å². The largest absolute Gasteiger partial charge is 0.494 e. The quantitative estimate of drug-likeness (QED) is 0.772. The average molecular weight is 287 g/mol. The first-order valence-corrected chi connectivity index (χ1v) is 6.01. The van der Waals surface area contributed by atoms with Crippen LogP contribution in [0.3, 0.4) is 0 Å². The van der Waals surface area contributed by atoms with Crippen molar-refractivity contribution in [2.75, 3.05) is 7.11 Å². The number of ether oxygens (including phenoxy) is 1. The van der Waals surface area contributed by atoms with Crippen LogP contribution in [0.5, 0.6) is 5.75 Å². The summed E-state index contributed by atoms with van der Waals surface area (Å²) in [6, 6.07) is 5.86. The minimum atomic E-state index is -1.07. The summed E-state index contributed by atoms with van der Waals surface area (Å²) >= 11 is 0. The van der Waals surface area contributed by atoms with Gasteiger partial charge >= 0.3 is 5.97 Å². The van der Waals surface area contributed by atoms with E-state index in [2.05, 4.69) is 15.0 Å². The fraction of sp³-hybridized carbons (Fsp3) is 0.0714. The number of nitrogens with one attached hydrogen (secondary N) is 1. The van der Waals surface area contributed by atoms with Crippen LogP contribution in [0.2, 0.25) is 0 Å². The molecule has 0 aliphatic heterocycles. The lowest BCUT2D eigenvalue weighted by atomic mass is 10.2. The summed E-state index contributed by atoms with van der Waals surface area (Å²) in [5.41, 5.74) is 1.41. The van der Waals surface area contributed by atoms with E-state index >= 15 is 0 Å². The maximum Gasteiger partial charge on any atom is 0.337 e. The molecule has 7 heteroatoms. The predicted molar refractivity (Wildman–Crippen MR) is 72.8 cm³/mol. The van der Waals surface area contributed by atoms with Crippen molar-refractivity contribution in [3.63, 3.8) is 0 Å². The number of H-pyrrole nitrogens is 1. The van der Waals surface area contributed by atoms with Gasteiger partial charge in [-0.25, -0.2) is 19.2 Å². The Balaban J connectivity index is 2.08. The summed E-state index contributed by atoms with van der Waals surface area (Å²) in [7, 11) is 1.39. The Bertz CT molecular complexity index is 845. The molecule has 0 bridgehead atoms. The highest BCUT2D eigenvalue weighted by molar-refractivity contribution is 5.91. The molecule has 6 nitrogen and oxygen atoms in total. The molecule has 0 atom stereocenters. The summed E-state index contributed by atoms with van der Waals surface area (Å²) in [5.74, 6) is -1.03. The first-order chi connectivity index (χ1) is 10.1. The maximum absolute atomic E-state index is 13.7. The van der Waals surface area contributed by atoms with Crippen LogP contribution in [0.1, 0.15) is 10.4 Å². The fourth-order valence-corrected chi connectivity index (χ4v) is 1.97. The van der Waals surface area contributed by atoms with Gasteiger partial charge in [-0.1, -0.05) is 0 Å². The van der Waals surface area contributed by atoms with Crippen molar-refractivity contribution in [3.8, 4) is 17.1 Å². The molecule has 0 saturated carbocycles. The molecular formula is C14H10FN3O3. The standard InChI is InChI=1S/C14H10FN3O3/c1-21-11-3-2-7(4-9(11)15)12-17-10-5-8(14(19)20)6-16-13(10)18-12/h2-6H,1H3,(H,19,20)(H,16,17,18). The first kappa shape index (κ1) is 13.0. The Labute approximate surface area is 118 Å². The number of pyridine rings is 1. The molecule has 0 fully saturated rings. The number of fused-ring (bicyclic) bond motifs is 1. The van der Waals surface area contributed by atoms with Crippen LogP contribution < -0.4 is 4.74 Å². The lowest BCUT2D eigenvalue weighted by Crippen LogP contribution is -1.96. The number of aromatic carboxylic acids is 1. The lowest BCUT2D eigenvalue weighted by Gasteiger charge is -2.02. The zero-order chi connectivity index (χ0) is 15.0. The highest BCUT2D eigenvalue weighted by atomic mass is 19.1. The van der Waals surface area contributed by atoms with Gasteiger partial charge in [-0.15, -0.1) is 0 Å². The van der Waals surface area contributed by atoms with Crippen LogP contribution in [0.4, 0.5) is 4.39 Å². The molecule has 3 aromatic rings. The molecule has 1 aromatic carbocycles. The number of halogens is 1. The van der Waals surface area contributed by atoms with Gasteiger partial charge in [0.25, 0.3) is 0 Å². The number of carboxylic acid groups (broad SMARTS) is 1. The molecule has 0 saturated heterocycles. The van der Waals surface area contributed by atoms with Crippen molar-refractivity contribution in [1.29, 1.82) is 0 Å². The summed E-state index contributed by atoms with van der Waals surface area (Å²) in [6.07, 6.45) is 1.23. The van der Waals surface area contributed by atoms with Crippen molar-refractivity contribution in [2.45, 2.75) is 0 Å². The number of hydrogen-bond donors (Lipinski definition) is 2. The molecule has 3 rings (SSSR count). The Morgan fingerprint density at radius 2 is 2.19 bits per heavy atom. The van der Waals surface area contributed by atoms with Gasteiger partial charge in [0, 0.05) is 11.8 Å². The summed E-state index contributed by atoms with van der Waals surface area (Å²) in [6.45, 7) is 0. The number of hydrogen-bond acceptors (Lipinski definition) is 4. The zero-order valence-corrected chi connectivity index (χ0v) is 10.9. The summed E-state index contributed by atoms with van der Waals surface area (Å²) in [5, 5.41) is 8.92. The van der Waals surface area contributed by atoms with Gasteiger partial charge < -0.3 is 14.8 Å². The van der Waals surface area contributed by atoms with Gasteiger partial charge in [0.2, 0.25) is 0 Å². The monoisotopic (exact) mass is 287 g/mol. The first-order valence-electron chi connectivity index (χ1n) is 6.01. The van der Waals surface area contributed by atoms with E-state index in [1.807, 2.05) is 0 Å². The molecular weight excluding hydrogens is 277 g/mol. The van der Waals surface area contributed by atoms with Gasteiger partial charge in [0.05, 0.1) is 18.2 Å². The number of carboxylic acids is 1. The Morgan fingerprint density at radius 1 is 1.38 bits per heavy atom. The van der Waals surface area contributed by atoms with Gasteiger partial charge in [-0.2, -0.15) is 0 Å². The molecule has 2 heterocycles. The number of imidazole rings is 1. The summed E-state index contributed by atoms with van der Waals surface area (Å²) in [4.78, 5) is 22.0. The topological polar surface area (TPSA) is 88.1 Å². The molecule has 0 radical (unpaired) electrons. The van der Waals surface area contributed by atoms with Crippen LogP contribution in [-0.4, -0.2) is 33.1 Å². The van der Waals surface area contributed by atoms with Crippen molar-refractivity contribution >= 4 is 17.1 Å². The average Bonchev–Trinajstić information content (AvgIpc) is 2.89. The third-order valence-corrected chi connectivity index (χ3v) is 3.01. The lowest BCUT2D eigenvalue weighted by molar-refractivity contribution is 0.0696. The van der Waals surface area contributed by atoms with Crippen molar-refractivity contribution < 1.29 is 19.0 Å². The van der Waals surface area contributed by atoms with Crippen molar-refractivity contribution in [1.82, 2.24) is 15.0 Å². The zero-order valence-electron chi connectivity index (χ0n) is 10.9. The number of methoxy groups -OCH3 is 1. The molecule has 0 aliphatic carbocycles. The second-order valence-corrected chi connectivity index (χ2v) is 4.34. The highest BCUT2D eigenvalue weighted by Crippen LogP contribution is 2.25. The van der Waals surface area contributed by atoms with Crippen LogP contribution in [0, 0.1) is 5.82 Å². The number of benzene rings is 1. The van der Waals surface area contributed by atoms with E-state index in [9.17, 15) is 9.18 Å². The molecule has 0 amide bonds. The second-order valence-electron chi connectivity index (χ2n) is 4.34. The number of carbonyl (C=O) groups is 1. The Morgan fingerprint density at radius 3 is 2.86 bits per heavy atom. The molecule has 0 aliphatic rings. The molecule has 106 valence electrons. The number of rotatable bonds is 3. The highest BCUT2D eigenvalue weighted by Gasteiger charge is 2.12. The van der Waals surface area contributed by atoms with E-state index < -0.39 is 11.8 Å². The van der Waals surface area contributed by atoms with Crippen molar-refractivity contribution in [3.05, 3.63) is 41.8 Å². The van der Waals surface area contributed by atoms with Crippen LogP contribution >= 0.6 is 0 Å². The third-order valence-electron chi connectivity index (χ3n) is 3.01. The van der Waals surface area contributed by atoms with Gasteiger partial charge in [-0.05, 0) is 24.3 Å². The van der Waals surface area contributed by atoms with Gasteiger partial charge in [0.15, 0.2) is 17.2 Å². The van der Waals surface area contributed by atoms with E-state index in [-0.39, 0.29) is 11.3 Å². The molecule has 2 N–H and O–H groups in total. The maximum atomic E-state index is 13.7. The van der Waals surface area contributed by atoms with Crippen LogP contribution in [0.15, 0.2) is 30.5 Å². The number of aromatic nitrogens is 3. The van der Waals surface area contributed by atoms with E-state index in [0.717, 1.165) is 0 Å². The number of nitrogens with zero attached hydrogens (tertiary/aromatic N) is 2. The van der Waals surface area contributed by atoms with Gasteiger partial charge in [0.1, 0.15) is 5.82 Å². The van der Waals surface area contributed by atoms with E-state index in [1.54, 1.807) is 6.07 Å². The third kappa shape index (κ3) is 2.29. The fourth-order valence-electron chi connectivity index (χ4n) is 1.97. The summed E-state index contributed by atoms with van der Waals surface area (Å²) < 4.78 is 18.6. The Kier molecular flexibility index (Phi) is 3.02. The van der Waals surface area contributed by atoms with Gasteiger partial charge in [-0.3, -0.25) is 0 Å². The smallest absolute Gasteiger partial charge is 0.337 e. The minimum absolute atomic E-state index is 0.0543. The number of aromatic amines is 1. The van der Waals surface area contributed by atoms with Crippen LogP contribution in [-0.2, 0) is 0 Å². The van der Waals surface area contributed by atoms with E-state index in [1.165, 1.54) is 31.5 Å². The molecule has 2 aromatic heterocycles. The normalized spacial score (nSPS) is 10.8. The second kappa shape index (κ2) is 4.86. The molecule has 0 unspecified atom stereocenters. The minimum Gasteiger partial charge on any atom is -0.494 e.